The third kappa shape index (κ3) is 3.75. The molecule has 0 saturated heterocycles. The van der Waals surface area contributed by atoms with Gasteiger partial charge in [0.15, 0.2) is 0 Å². The van der Waals surface area contributed by atoms with Crippen molar-refractivity contribution in [1.82, 2.24) is 15.3 Å². The lowest BCUT2D eigenvalue weighted by atomic mass is 10.2. The van der Waals surface area contributed by atoms with Gasteiger partial charge in [0, 0.05) is 35.3 Å². The molecule has 0 radical (unpaired) electrons. The summed E-state index contributed by atoms with van der Waals surface area (Å²) in [5.74, 6) is 0.228. The van der Waals surface area contributed by atoms with E-state index in [2.05, 4.69) is 15.3 Å². The Balaban J connectivity index is 1.90. The molecule has 0 atom stereocenters. The second-order valence-electron chi connectivity index (χ2n) is 4.31. The number of anilines is 1. The minimum atomic E-state index is -0.134. The monoisotopic (exact) mass is 276 g/mol. The smallest absolute Gasteiger partial charge is 0.251 e. The maximum atomic E-state index is 11.9. The van der Waals surface area contributed by atoms with Gasteiger partial charge >= 0.3 is 0 Å². The number of aromatic nitrogens is 2. The molecule has 2 rings (SSSR count). The van der Waals surface area contributed by atoms with E-state index in [9.17, 15) is 4.79 Å². The molecule has 2 aromatic heterocycles. The zero-order valence-corrected chi connectivity index (χ0v) is 11.8. The molecule has 2 aromatic rings. The first-order chi connectivity index (χ1) is 9.04. The number of pyridine rings is 1. The van der Waals surface area contributed by atoms with E-state index in [1.165, 1.54) is 0 Å². The quantitative estimate of drug-likeness (QED) is 0.890. The maximum absolute atomic E-state index is 11.9. The van der Waals surface area contributed by atoms with Gasteiger partial charge in [-0.1, -0.05) is 0 Å². The number of amides is 1. The van der Waals surface area contributed by atoms with Crippen molar-refractivity contribution in [2.24, 2.45) is 0 Å². The third-order valence-electron chi connectivity index (χ3n) is 2.53. The molecular formula is C13H16N4OS. The molecule has 6 heteroatoms. The fraction of sp³-hybridized carbons (Fsp3) is 0.308. The van der Waals surface area contributed by atoms with Gasteiger partial charge in [0.25, 0.3) is 5.91 Å². The summed E-state index contributed by atoms with van der Waals surface area (Å²) in [5.41, 5.74) is 7.92. The first-order valence-corrected chi connectivity index (χ1v) is 6.86. The first kappa shape index (κ1) is 13.5. The predicted molar refractivity (Wildman–Crippen MR) is 76.3 cm³/mol. The van der Waals surface area contributed by atoms with Crippen LogP contribution >= 0.6 is 11.3 Å². The van der Waals surface area contributed by atoms with E-state index in [4.69, 9.17) is 5.73 Å². The van der Waals surface area contributed by atoms with Crippen molar-refractivity contribution in [1.29, 1.82) is 0 Å². The van der Waals surface area contributed by atoms with Crippen LogP contribution in [0, 0.1) is 13.8 Å². The van der Waals surface area contributed by atoms with Gasteiger partial charge in [-0.05, 0) is 26.0 Å². The molecule has 0 spiro atoms. The molecular weight excluding hydrogens is 260 g/mol. The van der Waals surface area contributed by atoms with Crippen LogP contribution in [-0.4, -0.2) is 22.4 Å². The van der Waals surface area contributed by atoms with Crippen molar-refractivity contribution < 1.29 is 4.79 Å². The summed E-state index contributed by atoms with van der Waals surface area (Å²) in [6.45, 7) is 4.33. The average Bonchev–Trinajstić information content (AvgIpc) is 2.73. The number of nitrogens with two attached hydrogens (primary N) is 1. The minimum Gasteiger partial charge on any atom is -0.384 e. The Morgan fingerprint density at radius 1 is 1.32 bits per heavy atom. The normalized spacial score (nSPS) is 10.4. The standard InChI is InChI=1S/C13H16N4OS/c1-8-5-10(6-11(14)16-8)13(18)15-4-3-12-17-9(2)7-19-12/h5-7H,3-4H2,1-2H3,(H2,14,16)(H,15,18). The molecule has 0 unspecified atom stereocenters. The Bertz CT molecular complexity index is 574. The van der Waals surface area contributed by atoms with Crippen molar-refractivity contribution in [2.45, 2.75) is 20.3 Å². The number of carbonyl (C=O) groups excluding carboxylic acids is 1. The number of nitrogens with zero attached hydrogens (tertiary/aromatic N) is 2. The molecule has 0 aliphatic rings. The first-order valence-electron chi connectivity index (χ1n) is 5.98. The zero-order valence-electron chi connectivity index (χ0n) is 10.9. The number of nitrogen functional groups attached to an aromatic ring is 1. The second kappa shape index (κ2) is 5.79. The number of rotatable bonds is 4. The summed E-state index contributed by atoms with van der Waals surface area (Å²) < 4.78 is 0. The number of aryl methyl sites for hydroxylation is 2. The Labute approximate surface area is 115 Å². The van der Waals surface area contributed by atoms with E-state index in [1.807, 2.05) is 19.2 Å². The van der Waals surface area contributed by atoms with Gasteiger partial charge in [-0.25, -0.2) is 9.97 Å². The highest BCUT2D eigenvalue weighted by Gasteiger charge is 2.07. The van der Waals surface area contributed by atoms with E-state index in [0.29, 0.717) is 17.9 Å². The van der Waals surface area contributed by atoms with Crippen LogP contribution in [0.25, 0.3) is 0 Å². The third-order valence-corrected chi connectivity index (χ3v) is 3.55. The molecule has 0 aromatic carbocycles. The number of carbonyl (C=O) groups is 1. The van der Waals surface area contributed by atoms with E-state index < -0.39 is 0 Å². The molecule has 0 bridgehead atoms. The summed E-state index contributed by atoms with van der Waals surface area (Å²) in [6.07, 6.45) is 0.740. The molecule has 0 aliphatic carbocycles. The summed E-state index contributed by atoms with van der Waals surface area (Å²) in [5, 5.41) is 5.89. The highest BCUT2D eigenvalue weighted by atomic mass is 32.1. The van der Waals surface area contributed by atoms with E-state index in [1.54, 1.807) is 23.5 Å². The van der Waals surface area contributed by atoms with Gasteiger partial charge in [0.05, 0.1) is 5.01 Å². The second-order valence-corrected chi connectivity index (χ2v) is 5.25. The maximum Gasteiger partial charge on any atom is 0.251 e. The Morgan fingerprint density at radius 2 is 2.11 bits per heavy atom. The molecule has 2 heterocycles. The van der Waals surface area contributed by atoms with Gasteiger partial charge in [-0.3, -0.25) is 4.79 Å². The van der Waals surface area contributed by atoms with Gasteiger partial charge in [-0.15, -0.1) is 11.3 Å². The largest absolute Gasteiger partial charge is 0.384 e. The Hall–Kier alpha value is -1.95. The molecule has 3 N–H and O–H groups in total. The summed E-state index contributed by atoms with van der Waals surface area (Å²) in [4.78, 5) is 20.3. The number of hydrogen-bond acceptors (Lipinski definition) is 5. The Kier molecular flexibility index (Phi) is 4.11. The van der Waals surface area contributed by atoms with Crippen LogP contribution < -0.4 is 11.1 Å². The highest BCUT2D eigenvalue weighted by Crippen LogP contribution is 2.09. The Morgan fingerprint density at radius 3 is 2.74 bits per heavy atom. The summed E-state index contributed by atoms with van der Waals surface area (Å²) in [6, 6.07) is 3.30. The fourth-order valence-electron chi connectivity index (χ4n) is 1.73. The average molecular weight is 276 g/mol. The lowest BCUT2D eigenvalue weighted by Crippen LogP contribution is -2.26. The highest BCUT2D eigenvalue weighted by molar-refractivity contribution is 7.09. The van der Waals surface area contributed by atoms with Gasteiger partial charge in [0.1, 0.15) is 5.82 Å². The number of thiazole rings is 1. The van der Waals surface area contributed by atoms with Gasteiger partial charge in [-0.2, -0.15) is 0 Å². The zero-order chi connectivity index (χ0) is 13.8. The molecule has 0 aliphatic heterocycles. The number of nitrogens with one attached hydrogen (secondary N) is 1. The lowest BCUT2D eigenvalue weighted by molar-refractivity contribution is 0.0954. The van der Waals surface area contributed by atoms with Crippen LogP contribution in [0.15, 0.2) is 17.5 Å². The fourth-order valence-corrected chi connectivity index (χ4v) is 2.50. The van der Waals surface area contributed by atoms with E-state index in [0.717, 1.165) is 22.8 Å². The van der Waals surface area contributed by atoms with E-state index >= 15 is 0 Å². The molecule has 19 heavy (non-hydrogen) atoms. The topological polar surface area (TPSA) is 80.9 Å². The van der Waals surface area contributed by atoms with E-state index in [-0.39, 0.29) is 5.91 Å². The van der Waals surface area contributed by atoms with Gasteiger partial charge < -0.3 is 11.1 Å². The molecule has 0 saturated carbocycles. The molecule has 1 amide bonds. The minimum absolute atomic E-state index is 0.134. The predicted octanol–water partition coefficient (Wildman–Crippen LogP) is 1.71. The van der Waals surface area contributed by atoms with Crippen molar-refractivity contribution in [3.63, 3.8) is 0 Å². The van der Waals surface area contributed by atoms with Crippen LogP contribution in [0.3, 0.4) is 0 Å². The van der Waals surface area contributed by atoms with Crippen LogP contribution in [0.4, 0.5) is 5.82 Å². The van der Waals surface area contributed by atoms with Crippen LogP contribution in [-0.2, 0) is 6.42 Å². The van der Waals surface area contributed by atoms with Crippen LogP contribution in [0.5, 0.6) is 0 Å². The van der Waals surface area contributed by atoms with Crippen molar-refractivity contribution in [2.75, 3.05) is 12.3 Å². The van der Waals surface area contributed by atoms with Crippen LogP contribution in [0.2, 0.25) is 0 Å². The van der Waals surface area contributed by atoms with Crippen molar-refractivity contribution in [3.8, 4) is 0 Å². The number of hydrogen-bond donors (Lipinski definition) is 2. The van der Waals surface area contributed by atoms with Crippen molar-refractivity contribution in [3.05, 3.63) is 39.5 Å². The summed E-state index contributed by atoms with van der Waals surface area (Å²) in [7, 11) is 0. The molecule has 5 nitrogen and oxygen atoms in total. The van der Waals surface area contributed by atoms with Crippen molar-refractivity contribution >= 4 is 23.1 Å². The van der Waals surface area contributed by atoms with Crippen LogP contribution in [0.1, 0.15) is 26.8 Å². The molecule has 0 fully saturated rings. The van der Waals surface area contributed by atoms with Gasteiger partial charge in [0.2, 0.25) is 0 Å². The summed E-state index contributed by atoms with van der Waals surface area (Å²) >= 11 is 1.61. The SMILES string of the molecule is Cc1cc(C(=O)NCCc2nc(C)cs2)cc(N)n1. The molecule has 100 valence electrons. The lowest BCUT2D eigenvalue weighted by Gasteiger charge is -2.05.